The molecule has 3 rings (SSSR count). The summed E-state index contributed by atoms with van der Waals surface area (Å²) in [6, 6.07) is 15.9. The van der Waals surface area contributed by atoms with E-state index in [9.17, 15) is 4.79 Å². The third-order valence-corrected chi connectivity index (χ3v) is 5.81. The topological polar surface area (TPSA) is 38.3 Å². The Labute approximate surface area is 160 Å². The lowest BCUT2D eigenvalue weighted by Gasteiger charge is -2.29. The van der Waals surface area contributed by atoms with Gasteiger partial charge < -0.3 is 10.1 Å². The normalized spacial score (nSPS) is 17.0. The summed E-state index contributed by atoms with van der Waals surface area (Å²) in [5.41, 5.74) is 2.89. The van der Waals surface area contributed by atoms with Crippen LogP contribution in [0, 0.1) is 6.92 Å². The molecule has 1 saturated carbocycles. The summed E-state index contributed by atoms with van der Waals surface area (Å²) in [5, 5.41) is 3.85. The van der Waals surface area contributed by atoms with E-state index in [0.29, 0.717) is 11.6 Å². The van der Waals surface area contributed by atoms with Crippen molar-refractivity contribution in [3.63, 3.8) is 0 Å². The number of hydrogen-bond acceptors (Lipinski definition) is 2. The van der Waals surface area contributed by atoms with Gasteiger partial charge >= 0.3 is 0 Å². The van der Waals surface area contributed by atoms with E-state index in [1.165, 1.54) is 5.56 Å². The first-order chi connectivity index (χ1) is 12.6. The molecule has 0 heterocycles. The van der Waals surface area contributed by atoms with Gasteiger partial charge in [-0.1, -0.05) is 60.8 Å². The Kier molecular flexibility index (Phi) is 6.00. The van der Waals surface area contributed by atoms with Crippen LogP contribution < -0.4 is 5.32 Å². The number of rotatable bonds is 6. The lowest BCUT2D eigenvalue weighted by molar-refractivity contribution is -0.127. The first kappa shape index (κ1) is 18.9. The molecule has 3 nitrogen and oxygen atoms in total. The second-order valence-electron chi connectivity index (χ2n) is 7.09. The first-order valence-electron chi connectivity index (χ1n) is 9.19. The SMILES string of the molecule is COC(CNC(=O)C1(c2ccc(Cl)cc2)CCCC1)c1ccccc1C. The standard InChI is InChI=1S/C22H26ClNO2/c1-16-7-3-4-8-19(16)20(26-2)15-24-21(25)22(13-5-6-14-22)17-9-11-18(23)12-10-17/h3-4,7-12,20H,5-6,13-15H2,1-2H3,(H,24,25). The van der Waals surface area contributed by atoms with Crippen molar-refractivity contribution < 1.29 is 9.53 Å². The molecule has 0 saturated heterocycles. The maximum atomic E-state index is 13.2. The minimum Gasteiger partial charge on any atom is -0.375 e. The summed E-state index contributed by atoms with van der Waals surface area (Å²) in [7, 11) is 1.69. The van der Waals surface area contributed by atoms with Crippen molar-refractivity contribution >= 4 is 17.5 Å². The third-order valence-electron chi connectivity index (χ3n) is 5.56. The van der Waals surface area contributed by atoms with Crippen molar-refractivity contribution in [1.29, 1.82) is 0 Å². The highest BCUT2D eigenvalue weighted by Crippen LogP contribution is 2.41. The minimum absolute atomic E-state index is 0.0907. The van der Waals surface area contributed by atoms with Gasteiger partial charge in [-0.3, -0.25) is 4.79 Å². The molecule has 1 aliphatic rings. The molecule has 0 bridgehead atoms. The van der Waals surface area contributed by atoms with Crippen LogP contribution in [-0.4, -0.2) is 19.6 Å². The Morgan fingerprint density at radius 2 is 1.81 bits per heavy atom. The van der Waals surface area contributed by atoms with Crippen molar-refractivity contribution in [3.8, 4) is 0 Å². The maximum Gasteiger partial charge on any atom is 0.230 e. The van der Waals surface area contributed by atoms with Gasteiger partial charge in [-0.05, 0) is 48.6 Å². The zero-order valence-electron chi connectivity index (χ0n) is 15.4. The average molecular weight is 372 g/mol. The number of amides is 1. The van der Waals surface area contributed by atoms with Crippen LogP contribution in [-0.2, 0) is 14.9 Å². The molecule has 4 heteroatoms. The Balaban J connectivity index is 1.76. The number of aryl methyl sites for hydroxylation is 1. The van der Waals surface area contributed by atoms with Crippen LogP contribution in [0.1, 0.15) is 48.5 Å². The molecule has 1 amide bonds. The molecule has 0 aliphatic heterocycles. The monoisotopic (exact) mass is 371 g/mol. The van der Waals surface area contributed by atoms with Gasteiger partial charge in [0.1, 0.15) is 0 Å². The molecule has 1 aliphatic carbocycles. The summed E-state index contributed by atoms with van der Waals surface area (Å²) in [4.78, 5) is 13.2. The first-order valence-corrected chi connectivity index (χ1v) is 9.57. The van der Waals surface area contributed by atoms with Crippen molar-refractivity contribution in [2.45, 2.75) is 44.1 Å². The van der Waals surface area contributed by atoms with Gasteiger partial charge in [0, 0.05) is 18.7 Å². The van der Waals surface area contributed by atoms with Gasteiger partial charge in [0.25, 0.3) is 0 Å². The lowest BCUT2D eigenvalue weighted by Crippen LogP contribution is -2.44. The Morgan fingerprint density at radius 3 is 2.42 bits per heavy atom. The zero-order chi connectivity index (χ0) is 18.6. The number of ether oxygens (including phenoxy) is 1. The smallest absolute Gasteiger partial charge is 0.230 e. The predicted octanol–water partition coefficient (Wildman–Crippen LogP) is 4.96. The average Bonchev–Trinajstić information content (AvgIpc) is 3.15. The highest BCUT2D eigenvalue weighted by Gasteiger charge is 2.42. The van der Waals surface area contributed by atoms with E-state index in [4.69, 9.17) is 16.3 Å². The van der Waals surface area contributed by atoms with E-state index < -0.39 is 5.41 Å². The second kappa shape index (κ2) is 8.24. The fourth-order valence-electron chi connectivity index (χ4n) is 4.02. The molecule has 1 fully saturated rings. The number of halogens is 1. The summed E-state index contributed by atoms with van der Waals surface area (Å²) in [6.07, 6.45) is 3.75. The van der Waals surface area contributed by atoms with E-state index in [1.54, 1.807) is 7.11 Å². The van der Waals surface area contributed by atoms with E-state index in [-0.39, 0.29) is 12.0 Å². The number of benzene rings is 2. The van der Waals surface area contributed by atoms with E-state index in [1.807, 2.05) is 36.4 Å². The molecule has 2 aromatic rings. The number of hydrogen-bond donors (Lipinski definition) is 1. The largest absolute Gasteiger partial charge is 0.375 e. The summed E-state index contributed by atoms with van der Waals surface area (Å²) in [6.45, 7) is 2.53. The van der Waals surface area contributed by atoms with Gasteiger partial charge in [-0.2, -0.15) is 0 Å². The number of carbonyl (C=O) groups excluding carboxylic acids is 1. The molecule has 0 aromatic heterocycles. The summed E-state index contributed by atoms with van der Waals surface area (Å²) < 4.78 is 5.65. The van der Waals surface area contributed by atoms with Gasteiger partial charge in [-0.15, -0.1) is 0 Å². The third kappa shape index (κ3) is 3.79. The van der Waals surface area contributed by atoms with Crippen LogP contribution in [0.3, 0.4) is 0 Å². The van der Waals surface area contributed by atoms with Gasteiger partial charge in [0.15, 0.2) is 0 Å². The van der Waals surface area contributed by atoms with Gasteiger partial charge in [0.05, 0.1) is 11.5 Å². The second-order valence-corrected chi connectivity index (χ2v) is 7.52. The van der Waals surface area contributed by atoms with Crippen molar-refractivity contribution in [2.24, 2.45) is 0 Å². The molecular weight excluding hydrogens is 346 g/mol. The van der Waals surface area contributed by atoms with Crippen LogP contribution >= 0.6 is 11.6 Å². The van der Waals surface area contributed by atoms with Crippen molar-refractivity contribution in [3.05, 3.63) is 70.2 Å². The molecule has 138 valence electrons. The Bertz CT molecular complexity index is 751. The Hall–Kier alpha value is -1.84. The maximum absolute atomic E-state index is 13.2. The fraction of sp³-hybridized carbons (Fsp3) is 0.409. The Morgan fingerprint density at radius 1 is 1.15 bits per heavy atom. The van der Waals surface area contributed by atoms with E-state index in [2.05, 4.69) is 24.4 Å². The van der Waals surface area contributed by atoms with Crippen molar-refractivity contribution in [1.82, 2.24) is 5.32 Å². The lowest BCUT2D eigenvalue weighted by atomic mass is 9.78. The highest BCUT2D eigenvalue weighted by molar-refractivity contribution is 6.30. The van der Waals surface area contributed by atoms with Crippen LogP contribution in [0.15, 0.2) is 48.5 Å². The number of nitrogens with one attached hydrogen (secondary N) is 1. The van der Waals surface area contributed by atoms with Gasteiger partial charge in [0.2, 0.25) is 5.91 Å². The molecule has 1 atom stereocenters. The van der Waals surface area contributed by atoms with Crippen LogP contribution in [0.2, 0.25) is 5.02 Å². The van der Waals surface area contributed by atoms with Crippen LogP contribution in [0.4, 0.5) is 0 Å². The minimum atomic E-state index is -0.450. The van der Waals surface area contributed by atoms with Crippen LogP contribution in [0.25, 0.3) is 0 Å². The fourth-order valence-corrected chi connectivity index (χ4v) is 4.14. The molecule has 0 spiro atoms. The number of methoxy groups -OCH3 is 1. The van der Waals surface area contributed by atoms with E-state index >= 15 is 0 Å². The predicted molar refractivity (Wildman–Crippen MR) is 106 cm³/mol. The quantitative estimate of drug-likeness (QED) is 0.779. The molecule has 1 unspecified atom stereocenters. The van der Waals surface area contributed by atoms with E-state index in [0.717, 1.165) is 36.8 Å². The molecule has 0 radical (unpaired) electrons. The summed E-state index contributed by atoms with van der Waals surface area (Å²) in [5.74, 6) is 0.0907. The molecule has 26 heavy (non-hydrogen) atoms. The van der Waals surface area contributed by atoms with Gasteiger partial charge in [-0.25, -0.2) is 0 Å². The van der Waals surface area contributed by atoms with Crippen LogP contribution in [0.5, 0.6) is 0 Å². The summed E-state index contributed by atoms with van der Waals surface area (Å²) >= 11 is 6.03. The van der Waals surface area contributed by atoms with Crippen molar-refractivity contribution in [2.75, 3.05) is 13.7 Å². The molecular formula is C22H26ClNO2. The number of carbonyl (C=O) groups is 1. The highest BCUT2D eigenvalue weighted by atomic mass is 35.5. The molecule has 1 N–H and O–H groups in total. The zero-order valence-corrected chi connectivity index (χ0v) is 16.2. The molecule has 2 aromatic carbocycles.